The summed E-state index contributed by atoms with van der Waals surface area (Å²) >= 11 is 5.92. The number of nitrogens with one attached hydrogen (secondary N) is 2. The van der Waals surface area contributed by atoms with Crippen molar-refractivity contribution in [1.82, 2.24) is 0 Å². The average Bonchev–Trinajstić information content (AvgIpc) is 2.53. The lowest BCUT2D eigenvalue weighted by molar-refractivity contribution is -0.112. The van der Waals surface area contributed by atoms with Crippen molar-refractivity contribution in [1.29, 1.82) is 5.26 Å². The van der Waals surface area contributed by atoms with Crippen molar-refractivity contribution in [2.75, 3.05) is 16.4 Å². The number of nitriles is 1. The molecule has 4 N–H and O–H groups in total. The second-order valence-corrected chi connectivity index (χ2v) is 5.28. The lowest BCUT2D eigenvalue weighted by Crippen LogP contribution is -2.14. The van der Waals surface area contributed by atoms with Crippen LogP contribution < -0.4 is 16.4 Å². The second-order valence-electron chi connectivity index (χ2n) is 4.87. The molecule has 0 fully saturated rings. The predicted molar refractivity (Wildman–Crippen MR) is 93.0 cm³/mol. The Bertz CT molecular complexity index is 791. The summed E-state index contributed by atoms with van der Waals surface area (Å²) in [5.74, 6) is -0.495. The molecule has 0 heterocycles. The predicted octanol–water partition coefficient (Wildman–Crippen LogP) is 3.69. The van der Waals surface area contributed by atoms with E-state index in [0.717, 1.165) is 5.56 Å². The van der Waals surface area contributed by atoms with E-state index in [4.69, 9.17) is 22.6 Å². The number of nitrogens with two attached hydrogens (primary N) is 1. The van der Waals surface area contributed by atoms with E-state index in [-0.39, 0.29) is 5.57 Å². The SMILES string of the molecule is Cc1ccc(NC(=O)/C(C#N)=C\Nc2ccc(N)c(Cl)c2)cc1. The van der Waals surface area contributed by atoms with Gasteiger partial charge in [-0.3, -0.25) is 4.79 Å². The van der Waals surface area contributed by atoms with Crippen molar-refractivity contribution < 1.29 is 4.79 Å². The van der Waals surface area contributed by atoms with Gasteiger partial charge in [-0.25, -0.2) is 0 Å². The Morgan fingerprint density at radius 1 is 1.22 bits per heavy atom. The van der Waals surface area contributed by atoms with Gasteiger partial charge >= 0.3 is 0 Å². The van der Waals surface area contributed by atoms with Crippen LogP contribution in [0.25, 0.3) is 0 Å². The third-order valence-electron chi connectivity index (χ3n) is 3.06. The number of carbonyl (C=O) groups excluding carboxylic acids is 1. The number of rotatable bonds is 4. The van der Waals surface area contributed by atoms with Gasteiger partial charge in [-0.05, 0) is 37.3 Å². The summed E-state index contributed by atoms with van der Waals surface area (Å²) in [7, 11) is 0. The molecular weight excluding hydrogens is 312 g/mol. The van der Waals surface area contributed by atoms with E-state index >= 15 is 0 Å². The van der Waals surface area contributed by atoms with Gasteiger partial charge < -0.3 is 16.4 Å². The highest BCUT2D eigenvalue weighted by Crippen LogP contribution is 2.22. The highest BCUT2D eigenvalue weighted by atomic mass is 35.5. The minimum absolute atomic E-state index is 0.0569. The molecule has 0 saturated carbocycles. The summed E-state index contributed by atoms with van der Waals surface area (Å²) in [5, 5.41) is 15.0. The van der Waals surface area contributed by atoms with Gasteiger partial charge in [-0.1, -0.05) is 29.3 Å². The van der Waals surface area contributed by atoms with Crippen molar-refractivity contribution in [2.24, 2.45) is 0 Å². The summed E-state index contributed by atoms with van der Waals surface area (Å²) in [6.07, 6.45) is 1.32. The maximum Gasteiger partial charge on any atom is 0.267 e. The molecule has 116 valence electrons. The molecule has 0 aliphatic heterocycles. The molecule has 2 aromatic carbocycles. The van der Waals surface area contributed by atoms with Crippen molar-refractivity contribution >= 4 is 34.6 Å². The number of carbonyl (C=O) groups is 1. The number of hydrogen-bond acceptors (Lipinski definition) is 4. The minimum Gasteiger partial charge on any atom is -0.398 e. The molecule has 1 amide bonds. The Hall–Kier alpha value is -2.97. The number of halogens is 1. The largest absolute Gasteiger partial charge is 0.398 e. The number of nitrogens with zero attached hydrogens (tertiary/aromatic N) is 1. The fourth-order valence-corrected chi connectivity index (χ4v) is 1.94. The van der Waals surface area contributed by atoms with Gasteiger partial charge in [0, 0.05) is 17.6 Å². The van der Waals surface area contributed by atoms with Crippen LogP contribution in [0.5, 0.6) is 0 Å². The van der Waals surface area contributed by atoms with E-state index in [9.17, 15) is 4.79 Å². The first-order valence-electron chi connectivity index (χ1n) is 6.79. The number of anilines is 3. The first kappa shape index (κ1) is 16.4. The van der Waals surface area contributed by atoms with E-state index in [1.54, 1.807) is 30.3 Å². The second kappa shape index (κ2) is 7.34. The van der Waals surface area contributed by atoms with Gasteiger partial charge in [0.2, 0.25) is 0 Å². The van der Waals surface area contributed by atoms with Crippen LogP contribution in [0.15, 0.2) is 54.2 Å². The number of hydrogen-bond donors (Lipinski definition) is 3. The van der Waals surface area contributed by atoms with Crippen molar-refractivity contribution in [3.05, 3.63) is 64.8 Å². The summed E-state index contributed by atoms with van der Waals surface area (Å²) < 4.78 is 0. The van der Waals surface area contributed by atoms with E-state index in [0.29, 0.717) is 22.1 Å². The van der Waals surface area contributed by atoms with Gasteiger partial charge in [0.15, 0.2) is 0 Å². The molecule has 0 spiro atoms. The van der Waals surface area contributed by atoms with Gasteiger partial charge in [-0.15, -0.1) is 0 Å². The highest BCUT2D eigenvalue weighted by Gasteiger charge is 2.09. The molecular formula is C17H15ClN4O. The lowest BCUT2D eigenvalue weighted by atomic mass is 10.2. The third-order valence-corrected chi connectivity index (χ3v) is 3.39. The molecule has 0 aliphatic carbocycles. The van der Waals surface area contributed by atoms with E-state index in [1.165, 1.54) is 6.20 Å². The average molecular weight is 327 g/mol. The fraction of sp³-hybridized carbons (Fsp3) is 0.0588. The summed E-state index contributed by atoms with van der Waals surface area (Å²) in [5.41, 5.74) is 8.36. The molecule has 0 saturated heterocycles. The van der Waals surface area contributed by atoms with Crippen LogP contribution in [-0.2, 0) is 4.79 Å². The number of aryl methyl sites for hydroxylation is 1. The molecule has 0 unspecified atom stereocenters. The number of benzene rings is 2. The van der Waals surface area contributed by atoms with Crippen LogP contribution >= 0.6 is 11.6 Å². The Morgan fingerprint density at radius 2 is 1.87 bits per heavy atom. The van der Waals surface area contributed by atoms with E-state index in [1.807, 2.05) is 25.1 Å². The lowest BCUT2D eigenvalue weighted by Gasteiger charge is -2.06. The minimum atomic E-state index is -0.495. The Balaban J connectivity index is 2.08. The molecule has 0 bridgehead atoms. The van der Waals surface area contributed by atoms with Gasteiger partial charge in [0.1, 0.15) is 11.6 Å². The van der Waals surface area contributed by atoms with Crippen LogP contribution in [0, 0.1) is 18.3 Å². The fourth-order valence-electron chi connectivity index (χ4n) is 1.76. The van der Waals surface area contributed by atoms with E-state index in [2.05, 4.69) is 10.6 Å². The molecule has 23 heavy (non-hydrogen) atoms. The monoisotopic (exact) mass is 326 g/mol. The van der Waals surface area contributed by atoms with Crippen molar-refractivity contribution in [3.63, 3.8) is 0 Å². The van der Waals surface area contributed by atoms with E-state index < -0.39 is 5.91 Å². The smallest absolute Gasteiger partial charge is 0.267 e. The third kappa shape index (κ3) is 4.50. The first-order valence-corrected chi connectivity index (χ1v) is 7.17. The summed E-state index contributed by atoms with van der Waals surface area (Å²) in [6, 6.07) is 14.1. The Kier molecular flexibility index (Phi) is 5.23. The summed E-state index contributed by atoms with van der Waals surface area (Å²) in [4.78, 5) is 12.1. The Labute approximate surface area is 139 Å². The van der Waals surface area contributed by atoms with Crippen LogP contribution in [-0.4, -0.2) is 5.91 Å². The van der Waals surface area contributed by atoms with Gasteiger partial charge in [0.05, 0.1) is 10.7 Å². The topological polar surface area (TPSA) is 90.9 Å². The maximum atomic E-state index is 12.1. The normalized spacial score (nSPS) is 10.7. The quantitative estimate of drug-likeness (QED) is 0.454. The highest BCUT2D eigenvalue weighted by molar-refractivity contribution is 6.33. The Morgan fingerprint density at radius 3 is 2.48 bits per heavy atom. The van der Waals surface area contributed by atoms with Crippen LogP contribution in [0.2, 0.25) is 5.02 Å². The molecule has 5 nitrogen and oxygen atoms in total. The molecule has 0 aliphatic rings. The molecule has 0 radical (unpaired) electrons. The summed E-state index contributed by atoms with van der Waals surface area (Å²) in [6.45, 7) is 1.95. The molecule has 0 atom stereocenters. The number of amides is 1. The zero-order valence-electron chi connectivity index (χ0n) is 12.4. The standard InChI is InChI=1S/C17H15ClN4O/c1-11-2-4-13(5-3-11)22-17(23)12(9-19)10-21-14-6-7-16(20)15(18)8-14/h2-8,10,21H,20H2,1H3,(H,22,23)/b12-10-. The molecule has 2 rings (SSSR count). The van der Waals surface area contributed by atoms with Crippen molar-refractivity contribution in [3.8, 4) is 6.07 Å². The molecule has 2 aromatic rings. The molecule has 6 heteroatoms. The number of nitrogen functional groups attached to an aromatic ring is 1. The zero-order chi connectivity index (χ0) is 16.8. The van der Waals surface area contributed by atoms with Crippen molar-refractivity contribution in [2.45, 2.75) is 6.92 Å². The van der Waals surface area contributed by atoms with Crippen LogP contribution in [0.3, 0.4) is 0 Å². The first-order chi connectivity index (χ1) is 11.0. The van der Waals surface area contributed by atoms with Crippen LogP contribution in [0.4, 0.5) is 17.1 Å². The van der Waals surface area contributed by atoms with Crippen LogP contribution in [0.1, 0.15) is 5.56 Å². The maximum absolute atomic E-state index is 12.1. The molecule has 0 aromatic heterocycles. The zero-order valence-corrected chi connectivity index (χ0v) is 13.2. The van der Waals surface area contributed by atoms with Gasteiger partial charge in [0.25, 0.3) is 5.91 Å². The van der Waals surface area contributed by atoms with Gasteiger partial charge in [-0.2, -0.15) is 5.26 Å².